The third-order valence-corrected chi connectivity index (χ3v) is 6.84. The van der Waals surface area contributed by atoms with Crippen molar-refractivity contribution in [3.8, 4) is 11.1 Å². The van der Waals surface area contributed by atoms with Crippen molar-refractivity contribution in [1.82, 2.24) is 4.57 Å². The summed E-state index contributed by atoms with van der Waals surface area (Å²) in [7, 11) is 1.56. The first kappa shape index (κ1) is 23.8. The maximum atomic E-state index is 13.3. The van der Waals surface area contributed by atoms with Crippen molar-refractivity contribution < 1.29 is 14.3 Å². The minimum Gasteiger partial charge on any atom is -0.460 e. The van der Waals surface area contributed by atoms with Crippen LogP contribution in [0.3, 0.4) is 0 Å². The summed E-state index contributed by atoms with van der Waals surface area (Å²) in [5.74, 6) is -0.752. The highest BCUT2D eigenvalue weighted by molar-refractivity contribution is 6.30. The molecule has 182 valence electrons. The van der Waals surface area contributed by atoms with Gasteiger partial charge < -0.3 is 14.2 Å². The highest BCUT2D eigenvalue weighted by Crippen LogP contribution is 2.32. The SMILES string of the molecule is Cn1c(C(=O)OCCC(=O)N2CCCc3ccccc32)c(-c2ccc(Cl)cc2)c2ccccc2c1=O. The molecule has 0 fully saturated rings. The van der Waals surface area contributed by atoms with Gasteiger partial charge in [-0.1, -0.05) is 60.1 Å². The Bertz CT molecular complexity index is 1530. The molecule has 0 saturated heterocycles. The smallest absolute Gasteiger partial charge is 0.355 e. The summed E-state index contributed by atoms with van der Waals surface area (Å²) in [5, 5.41) is 1.71. The zero-order valence-corrected chi connectivity index (χ0v) is 20.6. The number of rotatable bonds is 5. The Morgan fingerprint density at radius 2 is 1.64 bits per heavy atom. The van der Waals surface area contributed by atoms with Crippen molar-refractivity contribution in [2.24, 2.45) is 7.05 Å². The number of anilines is 1. The van der Waals surface area contributed by atoms with Crippen LogP contribution in [0, 0.1) is 0 Å². The third-order valence-electron chi connectivity index (χ3n) is 6.59. The van der Waals surface area contributed by atoms with Crippen LogP contribution in [0.15, 0.2) is 77.6 Å². The average Bonchev–Trinajstić information content (AvgIpc) is 2.90. The number of carbonyl (C=O) groups is 2. The lowest BCUT2D eigenvalue weighted by Crippen LogP contribution is -2.36. The van der Waals surface area contributed by atoms with E-state index in [9.17, 15) is 14.4 Å². The third kappa shape index (κ3) is 4.40. The second-order valence-corrected chi connectivity index (χ2v) is 9.24. The van der Waals surface area contributed by atoms with Crippen LogP contribution in [-0.2, 0) is 23.0 Å². The van der Waals surface area contributed by atoms with Gasteiger partial charge in [-0.15, -0.1) is 0 Å². The van der Waals surface area contributed by atoms with Crippen LogP contribution in [0.5, 0.6) is 0 Å². The van der Waals surface area contributed by atoms with Crippen LogP contribution in [0.2, 0.25) is 5.02 Å². The number of fused-ring (bicyclic) bond motifs is 2. The minimum atomic E-state index is -0.655. The topological polar surface area (TPSA) is 68.6 Å². The molecule has 0 N–H and O–H groups in total. The largest absolute Gasteiger partial charge is 0.460 e. The molecule has 7 heteroatoms. The lowest BCUT2D eigenvalue weighted by atomic mass is 9.97. The molecule has 2 heterocycles. The van der Waals surface area contributed by atoms with E-state index in [4.69, 9.17) is 16.3 Å². The summed E-state index contributed by atoms with van der Waals surface area (Å²) in [6.07, 6.45) is 1.89. The van der Waals surface area contributed by atoms with E-state index >= 15 is 0 Å². The van der Waals surface area contributed by atoms with E-state index in [1.165, 1.54) is 4.57 Å². The van der Waals surface area contributed by atoms with Crippen LogP contribution in [0.25, 0.3) is 21.9 Å². The summed E-state index contributed by atoms with van der Waals surface area (Å²) in [5.41, 5.74) is 3.23. The molecule has 0 radical (unpaired) electrons. The predicted molar refractivity (Wildman–Crippen MR) is 142 cm³/mol. The molecular weight excluding hydrogens is 476 g/mol. The van der Waals surface area contributed by atoms with Crippen molar-refractivity contribution in [2.45, 2.75) is 19.3 Å². The van der Waals surface area contributed by atoms with Gasteiger partial charge in [0.15, 0.2) is 0 Å². The maximum absolute atomic E-state index is 13.3. The number of hydrogen-bond acceptors (Lipinski definition) is 4. The number of esters is 1. The number of aryl methyl sites for hydroxylation is 1. The number of para-hydroxylation sites is 1. The number of benzene rings is 3. The van der Waals surface area contributed by atoms with Crippen molar-refractivity contribution >= 4 is 39.9 Å². The molecule has 0 bridgehead atoms. The van der Waals surface area contributed by atoms with Gasteiger partial charge in [-0.25, -0.2) is 4.79 Å². The Morgan fingerprint density at radius 1 is 0.944 bits per heavy atom. The van der Waals surface area contributed by atoms with Gasteiger partial charge in [0.25, 0.3) is 5.56 Å². The fourth-order valence-corrected chi connectivity index (χ4v) is 4.97. The van der Waals surface area contributed by atoms with Gasteiger partial charge in [-0.2, -0.15) is 0 Å². The molecule has 0 atom stereocenters. The average molecular weight is 501 g/mol. The van der Waals surface area contributed by atoms with E-state index in [0.29, 0.717) is 27.9 Å². The first-order valence-corrected chi connectivity index (χ1v) is 12.3. The number of halogens is 1. The van der Waals surface area contributed by atoms with Crippen molar-refractivity contribution in [3.05, 3.63) is 99.4 Å². The highest BCUT2D eigenvalue weighted by atomic mass is 35.5. The van der Waals surface area contributed by atoms with Crippen LogP contribution in [0.1, 0.15) is 28.9 Å². The molecule has 0 spiro atoms. The van der Waals surface area contributed by atoms with Crippen molar-refractivity contribution in [2.75, 3.05) is 18.1 Å². The molecule has 36 heavy (non-hydrogen) atoms. The molecule has 3 aromatic carbocycles. The molecule has 6 nitrogen and oxygen atoms in total. The first-order valence-electron chi connectivity index (χ1n) is 11.9. The zero-order valence-electron chi connectivity index (χ0n) is 19.9. The van der Waals surface area contributed by atoms with Crippen LogP contribution < -0.4 is 10.5 Å². The Labute approximate surface area is 213 Å². The normalized spacial score (nSPS) is 12.9. The van der Waals surface area contributed by atoms with Crippen LogP contribution in [-0.4, -0.2) is 29.6 Å². The minimum absolute atomic E-state index is 0.0535. The first-order chi connectivity index (χ1) is 17.5. The quantitative estimate of drug-likeness (QED) is 0.345. The number of hydrogen-bond donors (Lipinski definition) is 0. The second-order valence-electron chi connectivity index (χ2n) is 8.80. The molecule has 1 aromatic heterocycles. The number of ether oxygens (including phenoxy) is 1. The number of amides is 1. The van der Waals surface area contributed by atoms with Gasteiger partial charge >= 0.3 is 5.97 Å². The molecule has 1 aliphatic heterocycles. The van der Waals surface area contributed by atoms with Crippen LogP contribution >= 0.6 is 11.6 Å². The van der Waals surface area contributed by atoms with E-state index in [2.05, 4.69) is 0 Å². The summed E-state index contributed by atoms with van der Waals surface area (Å²) in [6.45, 7) is 0.557. The molecule has 4 aromatic rings. The number of carbonyl (C=O) groups excluding carboxylic acids is 2. The molecular formula is C29H25ClN2O4. The van der Waals surface area contributed by atoms with Crippen LogP contribution in [0.4, 0.5) is 5.69 Å². The lowest BCUT2D eigenvalue weighted by molar-refractivity contribution is -0.119. The Hall–Kier alpha value is -3.90. The molecule has 0 saturated carbocycles. The standard InChI is InChI=1S/C29H25ClN2O4/c1-31-27(26(20-12-14-21(30)15-13-20)22-9-3-4-10-23(22)28(31)34)29(35)36-18-16-25(33)32-17-6-8-19-7-2-5-11-24(19)32/h2-5,7,9-15H,6,8,16-18H2,1H3. The van der Waals surface area contributed by atoms with Gasteiger partial charge in [0.1, 0.15) is 12.3 Å². The molecule has 0 unspecified atom stereocenters. The predicted octanol–water partition coefficient (Wildman–Crippen LogP) is 5.39. The fourth-order valence-electron chi connectivity index (χ4n) is 4.84. The van der Waals surface area contributed by atoms with E-state index in [0.717, 1.165) is 29.7 Å². The van der Waals surface area contributed by atoms with Gasteiger partial charge in [-0.3, -0.25) is 9.59 Å². The van der Waals surface area contributed by atoms with Crippen molar-refractivity contribution in [1.29, 1.82) is 0 Å². The van der Waals surface area contributed by atoms with Gasteiger partial charge in [0.2, 0.25) is 5.91 Å². The van der Waals surface area contributed by atoms with Gasteiger partial charge in [-0.05, 0) is 53.6 Å². The van der Waals surface area contributed by atoms with E-state index < -0.39 is 5.97 Å². The van der Waals surface area contributed by atoms with E-state index in [1.54, 1.807) is 36.2 Å². The molecule has 1 amide bonds. The highest BCUT2D eigenvalue weighted by Gasteiger charge is 2.25. The molecule has 0 aliphatic carbocycles. The van der Waals surface area contributed by atoms with Gasteiger partial charge in [0.05, 0.1) is 6.42 Å². The molecule has 5 rings (SSSR count). The number of nitrogens with zero attached hydrogens (tertiary/aromatic N) is 2. The van der Waals surface area contributed by atoms with Gasteiger partial charge in [0, 0.05) is 35.3 Å². The second kappa shape index (κ2) is 9.99. The Balaban J connectivity index is 1.43. The summed E-state index contributed by atoms with van der Waals surface area (Å²) in [6, 6.07) is 22.1. The zero-order chi connectivity index (χ0) is 25.2. The number of pyridine rings is 1. The summed E-state index contributed by atoms with van der Waals surface area (Å²) < 4.78 is 6.89. The Kier molecular flexibility index (Phi) is 6.61. The Morgan fingerprint density at radius 3 is 2.42 bits per heavy atom. The molecule has 1 aliphatic rings. The maximum Gasteiger partial charge on any atom is 0.355 e. The summed E-state index contributed by atoms with van der Waals surface area (Å²) >= 11 is 6.09. The van der Waals surface area contributed by atoms with Crippen molar-refractivity contribution in [3.63, 3.8) is 0 Å². The van der Waals surface area contributed by atoms with E-state index in [1.807, 2.05) is 48.5 Å². The lowest BCUT2D eigenvalue weighted by Gasteiger charge is -2.29. The fraction of sp³-hybridized carbons (Fsp3) is 0.207. The summed E-state index contributed by atoms with van der Waals surface area (Å²) in [4.78, 5) is 41.1. The monoisotopic (exact) mass is 500 g/mol. The van der Waals surface area contributed by atoms with E-state index in [-0.39, 0.29) is 30.2 Å². The number of aromatic nitrogens is 1.